The zero-order valence-electron chi connectivity index (χ0n) is 13.2. The van der Waals surface area contributed by atoms with E-state index in [1.807, 2.05) is 0 Å². The molecule has 1 heterocycles. The maximum Gasteiger partial charge on any atom is 0.434 e. The molecule has 0 amide bonds. The first-order valence-electron chi connectivity index (χ1n) is 7.00. The van der Waals surface area contributed by atoms with Crippen molar-refractivity contribution >= 4 is 11.9 Å². The second-order valence-corrected chi connectivity index (χ2v) is 4.23. The topological polar surface area (TPSA) is 95.0 Å². The van der Waals surface area contributed by atoms with Crippen LogP contribution >= 0.6 is 0 Å². The number of aromatic nitrogens is 1. The number of alkyl halides is 3. The minimum atomic E-state index is -5.04. The van der Waals surface area contributed by atoms with Crippen molar-refractivity contribution in [2.75, 3.05) is 19.8 Å². The summed E-state index contributed by atoms with van der Waals surface area (Å²) in [4.78, 5) is 26.6. The van der Waals surface area contributed by atoms with Gasteiger partial charge in [0.25, 0.3) is 0 Å². The number of esters is 1. The van der Waals surface area contributed by atoms with Gasteiger partial charge in [0.05, 0.1) is 19.8 Å². The number of hydrogen-bond acceptors (Lipinski definition) is 6. The van der Waals surface area contributed by atoms with Crippen LogP contribution in [-0.2, 0) is 10.9 Å². The molecule has 0 radical (unpaired) electrons. The zero-order chi connectivity index (χ0) is 18.5. The number of ether oxygens (including phenoxy) is 3. The van der Waals surface area contributed by atoms with Crippen molar-refractivity contribution in [3.63, 3.8) is 0 Å². The fourth-order valence-corrected chi connectivity index (χ4v) is 1.86. The number of nitrogens with zero attached hydrogens (tertiary/aromatic N) is 1. The Bertz CT molecular complexity index is 630. The molecule has 0 spiro atoms. The molecule has 0 unspecified atom stereocenters. The highest BCUT2D eigenvalue weighted by Crippen LogP contribution is 2.40. The number of aromatic carboxylic acids is 1. The van der Waals surface area contributed by atoms with Crippen LogP contribution in [0.1, 0.15) is 47.2 Å². The lowest BCUT2D eigenvalue weighted by Crippen LogP contribution is -2.22. The molecule has 0 aliphatic rings. The summed E-state index contributed by atoms with van der Waals surface area (Å²) in [5.74, 6) is -4.59. The molecular weight excluding hydrogens is 335 g/mol. The van der Waals surface area contributed by atoms with Crippen molar-refractivity contribution in [1.29, 1.82) is 0 Å². The second kappa shape index (κ2) is 7.84. The standard InChI is InChI=1S/C14H16F3NO6/c1-4-22-9-7(13(21)24-6-3)10(14(15,16)17)18-11(23-5-2)8(9)12(19)20/h4-6H2,1-3H3,(H,19,20). The molecule has 0 aromatic carbocycles. The molecule has 0 fully saturated rings. The molecule has 134 valence electrons. The van der Waals surface area contributed by atoms with Gasteiger partial charge in [0.2, 0.25) is 5.88 Å². The highest BCUT2D eigenvalue weighted by atomic mass is 19.4. The van der Waals surface area contributed by atoms with Crippen molar-refractivity contribution in [1.82, 2.24) is 4.98 Å². The van der Waals surface area contributed by atoms with Gasteiger partial charge in [-0.15, -0.1) is 0 Å². The predicted octanol–water partition coefficient (Wildman–Crippen LogP) is 2.77. The third-order valence-electron chi connectivity index (χ3n) is 2.65. The molecule has 7 nitrogen and oxygen atoms in total. The van der Waals surface area contributed by atoms with Gasteiger partial charge in [-0.05, 0) is 20.8 Å². The van der Waals surface area contributed by atoms with E-state index in [0.717, 1.165) is 0 Å². The number of carboxylic acid groups (broad SMARTS) is 1. The molecule has 0 saturated carbocycles. The molecule has 1 aromatic heterocycles. The number of halogens is 3. The van der Waals surface area contributed by atoms with Gasteiger partial charge in [-0.2, -0.15) is 13.2 Å². The summed E-state index contributed by atoms with van der Waals surface area (Å²) in [5, 5.41) is 9.30. The van der Waals surface area contributed by atoms with Gasteiger partial charge < -0.3 is 19.3 Å². The van der Waals surface area contributed by atoms with E-state index in [1.54, 1.807) is 0 Å². The molecule has 0 bridgehead atoms. The quantitative estimate of drug-likeness (QED) is 0.755. The summed E-state index contributed by atoms with van der Waals surface area (Å²) in [6.07, 6.45) is -5.04. The summed E-state index contributed by atoms with van der Waals surface area (Å²) >= 11 is 0. The molecule has 1 N–H and O–H groups in total. The predicted molar refractivity (Wildman–Crippen MR) is 74.5 cm³/mol. The first-order valence-corrected chi connectivity index (χ1v) is 7.00. The SMILES string of the molecule is CCOC(=O)c1c(C(F)(F)F)nc(OCC)c(C(=O)O)c1OCC. The first-order chi connectivity index (χ1) is 11.2. The maximum atomic E-state index is 13.3. The Balaban J connectivity index is 3.88. The normalized spacial score (nSPS) is 11.1. The lowest BCUT2D eigenvalue weighted by Gasteiger charge is -2.19. The highest BCUT2D eigenvalue weighted by Gasteiger charge is 2.43. The molecule has 0 aliphatic heterocycles. The van der Waals surface area contributed by atoms with Gasteiger partial charge in [-0.3, -0.25) is 0 Å². The maximum absolute atomic E-state index is 13.3. The van der Waals surface area contributed by atoms with E-state index < -0.39 is 46.6 Å². The molecule has 24 heavy (non-hydrogen) atoms. The Kier molecular flexibility index (Phi) is 6.38. The number of pyridine rings is 1. The second-order valence-electron chi connectivity index (χ2n) is 4.23. The molecule has 0 atom stereocenters. The molecule has 1 rings (SSSR count). The van der Waals surface area contributed by atoms with Crippen LogP contribution in [-0.4, -0.2) is 41.8 Å². The van der Waals surface area contributed by atoms with Crippen LogP contribution in [0.25, 0.3) is 0 Å². The Morgan fingerprint density at radius 2 is 1.62 bits per heavy atom. The summed E-state index contributed by atoms with van der Waals surface area (Å²) < 4.78 is 54.4. The Hall–Kier alpha value is -2.52. The van der Waals surface area contributed by atoms with E-state index in [9.17, 15) is 27.9 Å². The lowest BCUT2D eigenvalue weighted by atomic mass is 10.1. The molecule has 0 saturated heterocycles. The van der Waals surface area contributed by atoms with Gasteiger partial charge in [-0.1, -0.05) is 0 Å². The van der Waals surface area contributed by atoms with Crippen LogP contribution in [0.4, 0.5) is 13.2 Å². The average Bonchev–Trinajstić information content (AvgIpc) is 2.46. The van der Waals surface area contributed by atoms with Crippen LogP contribution in [0.2, 0.25) is 0 Å². The van der Waals surface area contributed by atoms with E-state index in [2.05, 4.69) is 9.72 Å². The summed E-state index contributed by atoms with van der Waals surface area (Å²) in [6.45, 7) is 3.74. The Labute approximate surface area is 135 Å². The highest BCUT2D eigenvalue weighted by molar-refractivity contribution is 6.01. The largest absolute Gasteiger partial charge is 0.492 e. The fraction of sp³-hybridized carbons (Fsp3) is 0.500. The first kappa shape index (κ1) is 19.5. The summed E-state index contributed by atoms with van der Waals surface area (Å²) in [6, 6.07) is 0. The third kappa shape index (κ3) is 4.06. The molecule has 10 heteroatoms. The van der Waals surface area contributed by atoms with Crippen LogP contribution < -0.4 is 9.47 Å². The molecule has 1 aromatic rings. The zero-order valence-corrected chi connectivity index (χ0v) is 13.2. The van der Waals surface area contributed by atoms with Gasteiger partial charge in [0.15, 0.2) is 17.0 Å². The number of hydrogen-bond donors (Lipinski definition) is 1. The van der Waals surface area contributed by atoms with Crippen molar-refractivity contribution in [3.05, 3.63) is 16.8 Å². The van der Waals surface area contributed by atoms with Gasteiger partial charge in [-0.25, -0.2) is 14.6 Å². The summed E-state index contributed by atoms with van der Waals surface area (Å²) in [7, 11) is 0. The van der Waals surface area contributed by atoms with Gasteiger partial charge in [0, 0.05) is 0 Å². The van der Waals surface area contributed by atoms with E-state index >= 15 is 0 Å². The van der Waals surface area contributed by atoms with E-state index in [4.69, 9.17) is 9.47 Å². The van der Waals surface area contributed by atoms with Crippen molar-refractivity contribution in [3.8, 4) is 11.6 Å². The number of carbonyl (C=O) groups is 2. The van der Waals surface area contributed by atoms with E-state index in [1.165, 1.54) is 20.8 Å². The van der Waals surface area contributed by atoms with E-state index in [-0.39, 0.29) is 19.8 Å². The molecular formula is C14H16F3NO6. The number of rotatable bonds is 7. The van der Waals surface area contributed by atoms with Crippen molar-refractivity contribution < 1.29 is 42.1 Å². The Morgan fingerprint density at radius 3 is 2.04 bits per heavy atom. The number of carbonyl (C=O) groups excluding carboxylic acids is 1. The Morgan fingerprint density at radius 1 is 1.04 bits per heavy atom. The van der Waals surface area contributed by atoms with Crippen LogP contribution in [0.15, 0.2) is 0 Å². The van der Waals surface area contributed by atoms with Gasteiger partial charge in [0.1, 0.15) is 5.56 Å². The lowest BCUT2D eigenvalue weighted by molar-refractivity contribution is -0.142. The minimum Gasteiger partial charge on any atom is -0.492 e. The smallest absolute Gasteiger partial charge is 0.434 e. The van der Waals surface area contributed by atoms with Crippen LogP contribution in [0.5, 0.6) is 11.6 Å². The summed E-state index contributed by atoms with van der Waals surface area (Å²) in [5.41, 5.74) is -3.49. The minimum absolute atomic E-state index is 0.130. The number of carboxylic acids is 1. The van der Waals surface area contributed by atoms with E-state index in [0.29, 0.717) is 0 Å². The monoisotopic (exact) mass is 351 g/mol. The fourth-order valence-electron chi connectivity index (χ4n) is 1.86. The third-order valence-corrected chi connectivity index (χ3v) is 2.65. The average molecular weight is 351 g/mol. The van der Waals surface area contributed by atoms with Crippen LogP contribution in [0, 0.1) is 0 Å². The van der Waals surface area contributed by atoms with Crippen molar-refractivity contribution in [2.45, 2.75) is 26.9 Å². The van der Waals surface area contributed by atoms with Gasteiger partial charge >= 0.3 is 18.1 Å². The van der Waals surface area contributed by atoms with Crippen molar-refractivity contribution in [2.24, 2.45) is 0 Å². The van der Waals surface area contributed by atoms with Crippen LogP contribution in [0.3, 0.4) is 0 Å². The molecule has 0 aliphatic carbocycles.